The molecule has 0 N–H and O–H groups in total. The lowest BCUT2D eigenvalue weighted by atomic mass is 9.76. The largest absolute Gasteiger partial charge is 0.391 e. The van der Waals surface area contributed by atoms with Gasteiger partial charge in [0.25, 0.3) is 0 Å². The van der Waals surface area contributed by atoms with E-state index in [0.29, 0.717) is 16.8 Å². The molecule has 5 rings (SSSR count). The number of hydrogen-bond donors (Lipinski definition) is 0. The number of benzene rings is 2. The van der Waals surface area contributed by atoms with Gasteiger partial charge >= 0.3 is 11.9 Å². The van der Waals surface area contributed by atoms with Crippen molar-refractivity contribution in [3.63, 3.8) is 0 Å². The number of aromatic nitrogens is 1. The highest BCUT2D eigenvalue weighted by molar-refractivity contribution is 6.30. The lowest BCUT2D eigenvalue weighted by Gasteiger charge is -2.41. The van der Waals surface area contributed by atoms with Crippen LogP contribution in [0, 0.1) is 5.92 Å². The second-order valence-corrected chi connectivity index (χ2v) is 8.64. The van der Waals surface area contributed by atoms with Crippen LogP contribution in [-0.2, 0) is 4.79 Å². The monoisotopic (exact) mass is 422 g/mol. The summed E-state index contributed by atoms with van der Waals surface area (Å²) < 4.78 is 11.0. The summed E-state index contributed by atoms with van der Waals surface area (Å²) in [5.74, 6) is -0.292. The van der Waals surface area contributed by atoms with Gasteiger partial charge in [0.05, 0.1) is 12.0 Å². The summed E-state index contributed by atoms with van der Waals surface area (Å²) in [5, 5.41) is 4.75. The maximum absolute atomic E-state index is 13.3. The first-order chi connectivity index (χ1) is 14.6. The number of esters is 1. The Bertz CT molecular complexity index is 1030. The molecular formula is C24H23ClN2O3. The van der Waals surface area contributed by atoms with Crippen LogP contribution in [0.25, 0.3) is 11.3 Å². The Balaban J connectivity index is 1.40. The normalized spacial score (nSPS) is 25.9. The second-order valence-electron chi connectivity index (χ2n) is 8.20. The third-order valence-electron chi connectivity index (χ3n) is 6.60. The van der Waals surface area contributed by atoms with Crippen LogP contribution in [0.15, 0.2) is 65.2 Å². The predicted molar refractivity (Wildman–Crippen MR) is 114 cm³/mol. The van der Waals surface area contributed by atoms with Gasteiger partial charge in [0.15, 0.2) is 0 Å². The van der Waals surface area contributed by atoms with Crippen LogP contribution in [0.2, 0.25) is 5.02 Å². The van der Waals surface area contributed by atoms with Gasteiger partial charge in [0.1, 0.15) is 5.69 Å². The highest BCUT2D eigenvalue weighted by Gasteiger charge is 2.50. The van der Waals surface area contributed by atoms with E-state index in [4.69, 9.17) is 20.9 Å². The van der Waals surface area contributed by atoms with Crippen molar-refractivity contribution in [3.8, 4) is 17.2 Å². The fraction of sp³-hybridized carbons (Fsp3) is 0.333. The van der Waals surface area contributed by atoms with E-state index in [1.54, 1.807) is 6.07 Å². The Hall–Kier alpha value is -2.63. The number of nitrogens with zero attached hydrogens (tertiary/aromatic N) is 2. The van der Waals surface area contributed by atoms with Crippen molar-refractivity contribution < 1.29 is 14.1 Å². The number of ether oxygens (including phenoxy) is 1. The van der Waals surface area contributed by atoms with Crippen molar-refractivity contribution in [1.29, 1.82) is 0 Å². The van der Waals surface area contributed by atoms with Gasteiger partial charge in [0, 0.05) is 28.6 Å². The summed E-state index contributed by atoms with van der Waals surface area (Å²) in [6.45, 7) is 0. The van der Waals surface area contributed by atoms with Crippen LogP contribution in [0.5, 0.6) is 5.95 Å². The minimum atomic E-state index is -0.264. The van der Waals surface area contributed by atoms with Crippen molar-refractivity contribution >= 4 is 17.6 Å². The molecule has 3 heterocycles. The molecule has 30 heavy (non-hydrogen) atoms. The molecule has 2 bridgehead atoms. The smallest absolute Gasteiger partial charge is 0.319 e. The Morgan fingerprint density at radius 3 is 2.67 bits per heavy atom. The first kappa shape index (κ1) is 19.3. The van der Waals surface area contributed by atoms with E-state index in [1.807, 2.05) is 54.6 Å². The van der Waals surface area contributed by atoms with Gasteiger partial charge in [-0.05, 0) is 44.0 Å². The molecule has 2 fully saturated rings. The Labute approximate surface area is 180 Å². The zero-order chi connectivity index (χ0) is 20.7. The fourth-order valence-electron chi connectivity index (χ4n) is 5.06. The standard InChI is InChI=1S/C24H23ClN2O3/c1-27-18-11-12-21(27)23(19(13-18)15-7-9-17(25)10-8-15)24(28)29-22-14-20(26-30-22)16-5-3-2-4-6-16/h2-10,14,18-19,21,23H,11-13H2,1H3/t18-,19+,21+,23-/m0/s1. The minimum Gasteiger partial charge on any atom is -0.391 e. The summed E-state index contributed by atoms with van der Waals surface area (Å²) >= 11 is 6.08. The number of piperidine rings is 1. The molecule has 0 amide bonds. The molecule has 2 aliphatic rings. The van der Waals surface area contributed by atoms with Crippen LogP contribution < -0.4 is 4.74 Å². The molecular weight excluding hydrogens is 400 g/mol. The van der Waals surface area contributed by atoms with Gasteiger partial charge in [-0.2, -0.15) is 0 Å². The molecule has 0 unspecified atom stereocenters. The summed E-state index contributed by atoms with van der Waals surface area (Å²) in [5.41, 5.74) is 2.70. The summed E-state index contributed by atoms with van der Waals surface area (Å²) in [4.78, 5) is 15.7. The third kappa shape index (κ3) is 3.53. The van der Waals surface area contributed by atoms with Crippen molar-refractivity contribution in [2.75, 3.05) is 7.05 Å². The zero-order valence-corrected chi connectivity index (χ0v) is 17.5. The van der Waals surface area contributed by atoms with Crippen LogP contribution >= 0.6 is 11.6 Å². The molecule has 154 valence electrons. The number of fused-ring (bicyclic) bond motifs is 2. The zero-order valence-electron chi connectivity index (χ0n) is 16.7. The van der Waals surface area contributed by atoms with E-state index in [1.165, 1.54) is 0 Å². The summed E-state index contributed by atoms with van der Waals surface area (Å²) in [6.07, 6.45) is 3.03. The van der Waals surface area contributed by atoms with E-state index in [0.717, 1.165) is 30.4 Å². The number of rotatable bonds is 4. The average Bonchev–Trinajstić information content (AvgIpc) is 3.30. The van der Waals surface area contributed by atoms with Crippen LogP contribution in [0.4, 0.5) is 0 Å². The lowest BCUT2D eigenvalue weighted by molar-refractivity contribution is -0.145. The SMILES string of the molecule is CN1[C@H]2CC[C@@H]1[C@@H](C(=O)Oc1cc(-c3ccccc3)no1)[C@@H](c1ccc(Cl)cc1)C2. The van der Waals surface area contributed by atoms with Crippen LogP contribution in [0.3, 0.4) is 0 Å². The molecule has 6 heteroatoms. The van der Waals surface area contributed by atoms with E-state index in [2.05, 4.69) is 17.1 Å². The molecule has 5 nitrogen and oxygen atoms in total. The molecule has 0 radical (unpaired) electrons. The molecule has 2 saturated heterocycles. The lowest BCUT2D eigenvalue weighted by Crippen LogP contribution is -2.49. The fourth-order valence-corrected chi connectivity index (χ4v) is 5.19. The van der Waals surface area contributed by atoms with Crippen molar-refractivity contribution in [3.05, 3.63) is 71.2 Å². The van der Waals surface area contributed by atoms with Gasteiger partial charge in [-0.1, -0.05) is 59.2 Å². The summed E-state index contributed by atoms with van der Waals surface area (Å²) in [6, 6.07) is 19.8. The number of hydrogen-bond acceptors (Lipinski definition) is 5. The molecule has 4 atom stereocenters. The predicted octanol–water partition coefficient (Wildman–Crippen LogP) is 5.17. The first-order valence-corrected chi connectivity index (χ1v) is 10.7. The quantitative estimate of drug-likeness (QED) is 0.543. The highest BCUT2D eigenvalue weighted by atomic mass is 35.5. The number of carbonyl (C=O) groups is 1. The van der Waals surface area contributed by atoms with Gasteiger partial charge in [-0.15, -0.1) is 0 Å². The Kier molecular flexibility index (Phi) is 5.09. The van der Waals surface area contributed by atoms with Crippen molar-refractivity contribution in [1.82, 2.24) is 10.1 Å². The number of halogens is 1. The molecule has 0 saturated carbocycles. The molecule has 0 spiro atoms. The Morgan fingerprint density at radius 1 is 1.13 bits per heavy atom. The summed E-state index contributed by atoms with van der Waals surface area (Å²) in [7, 11) is 2.11. The van der Waals surface area contributed by atoms with Crippen LogP contribution in [0.1, 0.15) is 30.7 Å². The molecule has 0 aliphatic carbocycles. The van der Waals surface area contributed by atoms with E-state index < -0.39 is 0 Å². The third-order valence-corrected chi connectivity index (χ3v) is 6.85. The topological polar surface area (TPSA) is 55.6 Å². The maximum Gasteiger partial charge on any atom is 0.319 e. The molecule has 2 aromatic carbocycles. The van der Waals surface area contributed by atoms with Crippen molar-refractivity contribution in [2.24, 2.45) is 5.92 Å². The van der Waals surface area contributed by atoms with Gasteiger partial charge in [-0.25, -0.2) is 0 Å². The van der Waals surface area contributed by atoms with Crippen molar-refractivity contribution in [2.45, 2.75) is 37.3 Å². The Morgan fingerprint density at radius 2 is 1.90 bits per heavy atom. The molecule has 2 aliphatic heterocycles. The minimum absolute atomic E-state index is 0.0972. The van der Waals surface area contributed by atoms with Gasteiger partial charge in [-0.3, -0.25) is 9.69 Å². The van der Waals surface area contributed by atoms with E-state index in [9.17, 15) is 4.79 Å². The number of carbonyl (C=O) groups excluding carboxylic acids is 1. The van der Waals surface area contributed by atoms with Gasteiger partial charge < -0.3 is 9.26 Å². The highest BCUT2D eigenvalue weighted by Crippen LogP contribution is 2.47. The molecule has 1 aromatic heterocycles. The van der Waals surface area contributed by atoms with Gasteiger partial charge in [0.2, 0.25) is 0 Å². The second kappa shape index (κ2) is 7.89. The first-order valence-electron chi connectivity index (χ1n) is 10.3. The van der Waals surface area contributed by atoms with E-state index >= 15 is 0 Å². The van der Waals surface area contributed by atoms with Crippen LogP contribution in [-0.4, -0.2) is 35.2 Å². The van der Waals surface area contributed by atoms with E-state index in [-0.39, 0.29) is 29.8 Å². The average molecular weight is 423 g/mol. The molecule has 3 aromatic rings. The maximum atomic E-state index is 13.3.